The van der Waals surface area contributed by atoms with Crippen LogP contribution in [0.15, 0.2) is 91.0 Å². The van der Waals surface area contributed by atoms with Crippen molar-refractivity contribution >= 4 is 0 Å². The third-order valence-corrected chi connectivity index (χ3v) is 2.53. The van der Waals surface area contributed by atoms with Crippen LogP contribution in [0.4, 0.5) is 0 Å². The average Bonchev–Trinajstić information content (AvgIpc) is 2.51. The molecule has 116 valence electrons. The molecule has 0 unspecified atom stereocenters. The first-order valence-corrected chi connectivity index (χ1v) is 6.79. The van der Waals surface area contributed by atoms with Crippen LogP contribution in [-0.4, -0.2) is 0 Å². The van der Waals surface area contributed by atoms with Crippen molar-refractivity contribution in [2.45, 2.75) is 0 Å². The molecule has 0 bridgehead atoms. The predicted octanol–water partition coefficient (Wildman–Crippen LogP) is 5.61. The van der Waals surface area contributed by atoms with E-state index in [1.54, 1.807) is 0 Å². The van der Waals surface area contributed by atoms with Crippen molar-refractivity contribution < 1.29 is 37.7 Å². The van der Waals surface area contributed by atoms with Crippen molar-refractivity contribution in [1.29, 1.82) is 0 Å². The molecule has 0 spiro atoms. The van der Waals surface area contributed by atoms with E-state index in [4.69, 9.17) is 0 Å². The normalized spacial score (nSPS) is 8.18. The Morgan fingerprint density at radius 1 is 0.364 bits per heavy atom. The third kappa shape index (κ3) is 11.2. The summed E-state index contributed by atoms with van der Waals surface area (Å²) >= 11 is 0. The molecule has 0 radical (unpaired) electrons. The van der Waals surface area contributed by atoms with Crippen LogP contribution in [-0.2, 0) is 0 Å². The van der Waals surface area contributed by atoms with E-state index in [1.165, 1.54) is 0 Å². The minimum absolute atomic E-state index is 0. The average molecular weight is 438 g/mol. The summed E-state index contributed by atoms with van der Waals surface area (Å²) in [6.45, 7) is 11.2. The summed E-state index contributed by atoms with van der Waals surface area (Å²) in [4.78, 5) is 0. The molecule has 0 fully saturated rings. The molecule has 3 aromatic carbocycles. The Morgan fingerprint density at radius 3 is 0.636 bits per heavy atom. The molecule has 22 heavy (non-hydrogen) atoms. The zero-order valence-electron chi connectivity index (χ0n) is 12.6. The van der Waals surface area contributed by atoms with E-state index >= 15 is 0 Å². The molecule has 0 aliphatic carbocycles. The fourth-order valence-corrected chi connectivity index (χ4v) is 1.43. The van der Waals surface area contributed by atoms with Gasteiger partial charge in [-0.05, 0) is 0 Å². The largest absolute Gasteiger partial charge is 3.00 e. The molecular weight excluding hydrogens is 417 g/mol. The van der Waals surface area contributed by atoms with Crippen LogP contribution in [0, 0.1) is 58.5 Å². The third-order valence-electron chi connectivity index (χ3n) is 2.53. The SMILES string of the molecule is [CH2-]c1ccccc1.[CH2-]c1ccccc1.[CH2-]c1ccccc1.[Ho+3]. The van der Waals surface area contributed by atoms with Crippen LogP contribution in [0.1, 0.15) is 16.7 Å². The maximum absolute atomic E-state index is 3.72. The minimum Gasteiger partial charge on any atom is -0.199 e. The number of benzene rings is 3. The summed E-state index contributed by atoms with van der Waals surface area (Å²) in [7, 11) is 0. The van der Waals surface area contributed by atoms with Gasteiger partial charge in [0.25, 0.3) is 0 Å². The van der Waals surface area contributed by atoms with Gasteiger partial charge in [0.15, 0.2) is 0 Å². The molecule has 1 heteroatoms. The van der Waals surface area contributed by atoms with Crippen molar-refractivity contribution in [3.8, 4) is 0 Å². The van der Waals surface area contributed by atoms with Crippen LogP contribution < -0.4 is 0 Å². The second kappa shape index (κ2) is 13.2. The van der Waals surface area contributed by atoms with Gasteiger partial charge < -0.3 is 0 Å². The Morgan fingerprint density at radius 2 is 0.545 bits per heavy atom. The van der Waals surface area contributed by atoms with Crippen LogP contribution in [0.25, 0.3) is 0 Å². The summed E-state index contributed by atoms with van der Waals surface area (Å²) in [5.41, 5.74) is 3.22. The van der Waals surface area contributed by atoms with E-state index in [1.807, 2.05) is 91.0 Å². The molecule has 0 aromatic heterocycles. The van der Waals surface area contributed by atoms with Crippen molar-refractivity contribution in [2.24, 2.45) is 0 Å². The Balaban J connectivity index is 0.000000294. The smallest absolute Gasteiger partial charge is 0.199 e. The van der Waals surface area contributed by atoms with Gasteiger partial charge in [0.2, 0.25) is 0 Å². The fraction of sp³-hybridized carbons (Fsp3) is 0. The summed E-state index contributed by atoms with van der Waals surface area (Å²) in [6.07, 6.45) is 0. The number of rotatable bonds is 0. The van der Waals surface area contributed by atoms with E-state index in [-0.39, 0.29) is 37.7 Å². The number of hydrogen-bond donors (Lipinski definition) is 0. The van der Waals surface area contributed by atoms with Crippen molar-refractivity contribution in [2.75, 3.05) is 0 Å². The van der Waals surface area contributed by atoms with Gasteiger partial charge in [0.05, 0.1) is 0 Å². The van der Waals surface area contributed by atoms with Crippen molar-refractivity contribution in [3.63, 3.8) is 0 Å². The molecule has 3 aromatic rings. The van der Waals surface area contributed by atoms with Gasteiger partial charge in [-0.2, -0.15) is 73.9 Å². The van der Waals surface area contributed by atoms with E-state index in [0.717, 1.165) is 16.7 Å². The zero-order valence-corrected chi connectivity index (χ0v) is 14.5. The molecule has 3 rings (SSSR count). The molecule has 0 saturated heterocycles. The molecule has 0 aliphatic rings. The molecule has 0 heterocycles. The summed E-state index contributed by atoms with van der Waals surface area (Å²) in [5, 5.41) is 0. The molecule has 0 saturated carbocycles. The van der Waals surface area contributed by atoms with E-state index < -0.39 is 0 Å². The maximum atomic E-state index is 3.72. The Labute approximate surface area is 165 Å². The van der Waals surface area contributed by atoms with Gasteiger partial charge in [-0.15, -0.1) is 36.4 Å². The molecule has 0 amide bonds. The van der Waals surface area contributed by atoms with Crippen LogP contribution in [0.3, 0.4) is 0 Å². The summed E-state index contributed by atoms with van der Waals surface area (Å²) < 4.78 is 0. The van der Waals surface area contributed by atoms with Gasteiger partial charge in [0, 0.05) is 0 Å². The van der Waals surface area contributed by atoms with E-state index in [2.05, 4.69) is 20.8 Å². The topological polar surface area (TPSA) is 0 Å². The molecule has 0 N–H and O–H groups in total. The quantitative estimate of drug-likeness (QED) is 0.316. The first-order chi connectivity index (χ1) is 10.2. The van der Waals surface area contributed by atoms with E-state index in [0.29, 0.717) is 0 Å². The van der Waals surface area contributed by atoms with Gasteiger partial charge in [-0.3, -0.25) is 0 Å². The second-order valence-electron chi connectivity index (χ2n) is 4.46. The Kier molecular flexibility index (Phi) is 12.3. The summed E-state index contributed by atoms with van der Waals surface area (Å²) in [6, 6.07) is 29.6. The van der Waals surface area contributed by atoms with Crippen molar-refractivity contribution in [3.05, 3.63) is 128 Å². The standard InChI is InChI=1S/3C7H7.Ho/c3*1-7-5-3-2-4-6-7;/h3*2-6H,1H2;/q3*-1;+3. The van der Waals surface area contributed by atoms with Crippen LogP contribution >= 0.6 is 0 Å². The van der Waals surface area contributed by atoms with Crippen LogP contribution in [0.2, 0.25) is 0 Å². The monoisotopic (exact) mass is 438 g/mol. The predicted molar refractivity (Wildman–Crippen MR) is 92.7 cm³/mol. The van der Waals surface area contributed by atoms with Gasteiger partial charge in [0.1, 0.15) is 0 Å². The van der Waals surface area contributed by atoms with Gasteiger partial charge in [-0.1, -0.05) is 18.2 Å². The molecule has 0 atom stereocenters. The zero-order chi connectivity index (χ0) is 15.3. The fourth-order valence-electron chi connectivity index (χ4n) is 1.43. The van der Waals surface area contributed by atoms with Crippen LogP contribution in [0.5, 0.6) is 0 Å². The first kappa shape index (κ1) is 20.5. The minimum atomic E-state index is 0. The second-order valence-corrected chi connectivity index (χ2v) is 4.46. The van der Waals surface area contributed by atoms with Gasteiger partial charge >= 0.3 is 37.7 Å². The maximum Gasteiger partial charge on any atom is 3.00 e. The first-order valence-electron chi connectivity index (χ1n) is 6.79. The van der Waals surface area contributed by atoms with Crippen molar-refractivity contribution in [1.82, 2.24) is 0 Å². The molecule has 0 nitrogen and oxygen atoms in total. The molecule has 0 aliphatic heterocycles. The molecular formula is C21H21Ho. The number of hydrogen-bond acceptors (Lipinski definition) is 0. The van der Waals surface area contributed by atoms with E-state index in [9.17, 15) is 0 Å². The summed E-state index contributed by atoms with van der Waals surface area (Å²) in [5.74, 6) is 0. The van der Waals surface area contributed by atoms with Gasteiger partial charge in [-0.25, -0.2) is 0 Å². The Bertz CT molecular complexity index is 485. The Hall–Kier alpha value is -1.47.